The number of aliphatic hydroxyl groups excluding tert-OH is 1. The second kappa shape index (κ2) is 9.20. The maximum atomic E-state index is 12.3. The Morgan fingerprint density at radius 2 is 1.59 bits per heavy atom. The Balaban J connectivity index is 1.55. The number of carbonyl (C=O) groups is 2. The average molecular weight is 397 g/mol. The molecule has 0 aliphatic heterocycles. The van der Waals surface area contributed by atoms with Gasteiger partial charge in [0, 0.05) is 18.4 Å². The summed E-state index contributed by atoms with van der Waals surface area (Å²) < 4.78 is 5.58. The molecule has 3 atom stereocenters. The number of aliphatic carboxylic acids is 1. The fourth-order valence-corrected chi connectivity index (χ4v) is 3.99. The van der Waals surface area contributed by atoms with Gasteiger partial charge >= 0.3 is 11.9 Å². The van der Waals surface area contributed by atoms with E-state index in [4.69, 9.17) is 15.6 Å². The molecule has 0 saturated carbocycles. The molecule has 2 aromatic rings. The minimum atomic E-state index is -1.13. The van der Waals surface area contributed by atoms with Gasteiger partial charge in [-0.05, 0) is 34.6 Å². The molecular weight excluding hydrogens is 370 g/mol. The van der Waals surface area contributed by atoms with E-state index in [-0.39, 0.29) is 30.8 Å². The molecule has 3 rings (SSSR count). The van der Waals surface area contributed by atoms with Crippen molar-refractivity contribution in [3.05, 3.63) is 59.7 Å². The minimum Gasteiger partial charge on any atom is -0.481 e. The lowest BCUT2D eigenvalue weighted by atomic mass is 9.94. The number of hydrogen-bond acceptors (Lipinski definition) is 5. The number of hydrogen-bond donors (Lipinski definition) is 3. The van der Waals surface area contributed by atoms with Crippen molar-refractivity contribution in [3.8, 4) is 11.1 Å². The van der Waals surface area contributed by atoms with Gasteiger partial charge in [0.05, 0.1) is 12.5 Å². The fraction of sp³-hybridized carbons (Fsp3) is 0.391. The number of carboxylic acid groups (broad SMARTS) is 1. The van der Waals surface area contributed by atoms with Gasteiger partial charge in [-0.25, -0.2) is 0 Å². The molecule has 4 N–H and O–H groups in total. The van der Waals surface area contributed by atoms with Gasteiger partial charge in [-0.3, -0.25) is 9.59 Å². The Hall–Kier alpha value is -2.70. The minimum absolute atomic E-state index is 0.0151. The lowest BCUT2D eigenvalue weighted by Crippen LogP contribution is -2.37. The van der Waals surface area contributed by atoms with Crippen molar-refractivity contribution in [1.82, 2.24) is 0 Å². The van der Waals surface area contributed by atoms with Crippen molar-refractivity contribution in [1.29, 1.82) is 0 Å². The van der Waals surface area contributed by atoms with Gasteiger partial charge in [0.15, 0.2) is 0 Å². The topological polar surface area (TPSA) is 110 Å². The monoisotopic (exact) mass is 397 g/mol. The van der Waals surface area contributed by atoms with Crippen LogP contribution < -0.4 is 5.73 Å². The molecule has 6 nitrogen and oxygen atoms in total. The highest BCUT2D eigenvalue weighted by molar-refractivity contribution is 5.79. The first-order chi connectivity index (χ1) is 13.9. The van der Waals surface area contributed by atoms with Crippen molar-refractivity contribution >= 4 is 11.9 Å². The van der Waals surface area contributed by atoms with E-state index in [9.17, 15) is 14.7 Å². The first kappa shape index (κ1) is 21.0. The summed E-state index contributed by atoms with van der Waals surface area (Å²) in [5.41, 5.74) is 10.5. The molecule has 0 spiro atoms. The van der Waals surface area contributed by atoms with E-state index in [1.165, 1.54) is 11.1 Å². The second-order valence-electron chi connectivity index (χ2n) is 7.78. The standard InChI is InChI=1S/C23H27NO5/c1-14(10-20(24)21(25)12-22(26)27)11-23(28)29-13-19-17-8-4-2-6-15(17)16-7-3-5-9-18(16)19/h2-9,14,19-21,25H,10-13,24H2,1H3,(H,26,27)/t14-,20-,21-/m1/s1. The first-order valence-corrected chi connectivity index (χ1v) is 9.86. The Labute approximate surface area is 170 Å². The summed E-state index contributed by atoms with van der Waals surface area (Å²) in [7, 11) is 0. The Morgan fingerprint density at radius 3 is 2.14 bits per heavy atom. The predicted molar refractivity (Wildman–Crippen MR) is 109 cm³/mol. The highest BCUT2D eigenvalue weighted by atomic mass is 16.5. The molecule has 154 valence electrons. The van der Waals surface area contributed by atoms with E-state index in [1.54, 1.807) is 0 Å². The van der Waals surface area contributed by atoms with Crippen molar-refractivity contribution in [2.45, 2.75) is 44.2 Å². The molecule has 0 bridgehead atoms. The average Bonchev–Trinajstić information content (AvgIpc) is 2.99. The molecule has 0 amide bonds. The van der Waals surface area contributed by atoms with Crippen molar-refractivity contribution in [3.63, 3.8) is 0 Å². The van der Waals surface area contributed by atoms with Crippen molar-refractivity contribution in [2.24, 2.45) is 11.7 Å². The number of rotatable bonds is 9. The number of fused-ring (bicyclic) bond motifs is 3. The van der Waals surface area contributed by atoms with Gasteiger partial charge in [-0.2, -0.15) is 0 Å². The number of benzene rings is 2. The molecular formula is C23H27NO5. The second-order valence-corrected chi connectivity index (χ2v) is 7.78. The maximum Gasteiger partial charge on any atom is 0.306 e. The number of aliphatic hydroxyl groups is 1. The molecule has 0 saturated heterocycles. The molecule has 0 heterocycles. The van der Waals surface area contributed by atoms with Crippen LogP contribution in [0.1, 0.15) is 43.2 Å². The largest absolute Gasteiger partial charge is 0.481 e. The number of nitrogens with two attached hydrogens (primary N) is 1. The van der Waals surface area contributed by atoms with Crippen LogP contribution in [-0.4, -0.2) is 40.9 Å². The van der Waals surface area contributed by atoms with Gasteiger partial charge in [0.2, 0.25) is 0 Å². The van der Waals surface area contributed by atoms with E-state index in [2.05, 4.69) is 24.3 Å². The molecule has 0 radical (unpaired) electrons. The Morgan fingerprint density at radius 1 is 1.03 bits per heavy atom. The lowest BCUT2D eigenvalue weighted by Gasteiger charge is -2.21. The third-order valence-electron chi connectivity index (χ3n) is 5.44. The zero-order chi connectivity index (χ0) is 21.0. The van der Waals surface area contributed by atoms with Crippen LogP contribution in [0.3, 0.4) is 0 Å². The van der Waals surface area contributed by atoms with Gasteiger partial charge < -0.3 is 20.7 Å². The van der Waals surface area contributed by atoms with Gasteiger partial charge in [-0.15, -0.1) is 0 Å². The third kappa shape index (κ3) is 5.02. The lowest BCUT2D eigenvalue weighted by molar-refractivity contribution is -0.145. The number of carboxylic acids is 1. The van der Waals surface area contributed by atoms with E-state index in [1.807, 2.05) is 31.2 Å². The fourth-order valence-electron chi connectivity index (χ4n) is 3.99. The Bertz CT molecular complexity index is 836. The molecule has 6 heteroatoms. The predicted octanol–water partition coefficient (Wildman–Crippen LogP) is 2.92. The number of esters is 1. The summed E-state index contributed by atoms with van der Waals surface area (Å²) in [5.74, 6) is -1.53. The SMILES string of the molecule is C[C@@H](CC(=O)OCC1c2ccccc2-c2ccccc21)C[C@@H](N)[C@H](O)CC(=O)O. The molecule has 1 aliphatic carbocycles. The van der Waals surface area contributed by atoms with Crippen LogP contribution in [-0.2, 0) is 14.3 Å². The van der Waals surface area contributed by atoms with Crippen LogP contribution in [0.2, 0.25) is 0 Å². The molecule has 1 aliphatic rings. The van der Waals surface area contributed by atoms with Crippen LogP contribution in [0, 0.1) is 5.92 Å². The Kier molecular flexibility index (Phi) is 6.67. The van der Waals surface area contributed by atoms with Crippen LogP contribution in [0.4, 0.5) is 0 Å². The van der Waals surface area contributed by atoms with Crippen LogP contribution in [0.5, 0.6) is 0 Å². The third-order valence-corrected chi connectivity index (χ3v) is 5.44. The summed E-state index contributed by atoms with van der Waals surface area (Å²) in [4.78, 5) is 23.0. The highest BCUT2D eigenvalue weighted by Crippen LogP contribution is 2.44. The van der Waals surface area contributed by atoms with Gasteiger partial charge in [0.25, 0.3) is 0 Å². The van der Waals surface area contributed by atoms with E-state index in [0.717, 1.165) is 11.1 Å². The van der Waals surface area contributed by atoms with Crippen LogP contribution in [0.15, 0.2) is 48.5 Å². The van der Waals surface area contributed by atoms with Gasteiger partial charge in [0.1, 0.15) is 6.61 Å². The maximum absolute atomic E-state index is 12.3. The quantitative estimate of drug-likeness (QED) is 0.561. The number of carbonyl (C=O) groups excluding carboxylic acids is 1. The van der Waals surface area contributed by atoms with Crippen LogP contribution >= 0.6 is 0 Å². The molecule has 0 fully saturated rings. The highest BCUT2D eigenvalue weighted by Gasteiger charge is 2.29. The smallest absolute Gasteiger partial charge is 0.306 e. The van der Waals surface area contributed by atoms with E-state index >= 15 is 0 Å². The first-order valence-electron chi connectivity index (χ1n) is 9.86. The van der Waals surface area contributed by atoms with Gasteiger partial charge in [-0.1, -0.05) is 55.5 Å². The summed E-state index contributed by atoms with van der Waals surface area (Å²) in [6.07, 6.45) is -1.02. The van der Waals surface area contributed by atoms with E-state index < -0.39 is 24.5 Å². The zero-order valence-corrected chi connectivity index (χ0v) is 16.5. The molecule has 0 aromatic heterocycles. The number of ether oxygens (including phenoxy) is 1. The molecule has 29 heavy (non-hydrogen) atoms. The summed E-state index contributed by atoms with van der Waals surface area (Å²) >= 11 is 0. The molecule has 2 aromatic carbocycles. The normalized spacial score (nSPS) is 15.8. The van der Waals surface area contributed by atoms with Crippen molar-refractivity contribution < 1.29 is 24.5 Å². The molecule has 0 unspecified atom stereocenters. The zero-order valence-electron chi connectivity index (χ0n) is 16.5. The summed E-state index contributed by atoms with van der Waals surface area (Å²) in [6, 6.07) is 15.6. The summed E-state index contributed by atoms with van der Waals surface area (Å²) in [5, 5.41) is 18.5. The summed E-state index contributed by atoms with van der Waals surface area (Å²) in [6.45, 7) is 2.11. The van der Waals surface area contributed by atoms with Crippen LogP contribution in [0.25, 0.3) is 11.1 Å². The van der Waals surface area contributed by atoms with E-state index in [0.29, 0.717) is 6.42 Å². The van der Waals surface area contributed by atoms with Crippen molar-refractivity contribution in [2.75, 3.05) is 6.61 Å².